The molecular formula is C17H16N2OS2. The zero-order valence-corrected chi connectivity index (χ0v) is 13.9. The highest BCUT2D eigenvalue weighted by Crippen LogP contribution is 2.28. The summed E-state index contributed by atoms with van der Waals surface area (Å²) in [5.74, 6) is 0.0803. The van der Waals surface area contributed by atoms with Gasteiger partial charge in [-0.1, -0.05) is 24.3 Å². The van der Waals surface area contributed by atoms with Crippen LogP contribution in [0, 0.1) is 0 Å². The highest BCUT2D eigenvalue weighted by Gasteiger charge is 2.16. The monoisotopic (exact) mass is 328 g/mol. The van der Waals surface area contributed by atoms with Crippen LogP contribution in [0.1, 0.15) is 12.6 Å². The lowest BCUT2D eigenvalue weighted by molar-refractivity contribution is -0.118. The van der Waals surface area contributed by atoms with E-state index >= 15 is 0 Å². The maximum absolute atomic E-state index is 12.5. The molecule has 0 atom stereocenters. The second-order valence-electron chi connectivity index (χ2n) is 4.77. The lowest BCUT2D eigenvalue weighted by Crippen LogP contribution is -2.32. The van der Waals surface area contributed by atoms with Gasteiger partial charge in [-0.25, -0.2) is 4.98 Å². The summed E-state index contributed by atoms with van der Waals surface area (Å²) < 4.78 is 0. The Labute approximate surface area is 137 Å². The van der Waals surface area contributed by atoms with Crippen molar-refractivity contribution in [3.05, 3.63) is 58.9 Å². The molecular weight excluding hydrogens is 312 g/mol. The van der Waals surface area contributed by atoms with E-state index in [2.05, 4.69) is 11.1 Å². The van der Waals surface area contributed by atoms with Gasteiger partial charge in [-0.15, -0.1) is 22.7 Å². The fraction of sp³-hybridized carbons (Fsp3) is 0.176. The molecule has 3 nitrogen and oxygen atoms in total. The fourth-order valence-electron chi connectivity index (χ4n) is 2.26. The first-order valence-electron chi connectivity index (χ1n) is 7.11. The molecule has 0 radical (unpaired) electrons. The third-order valence-electron chi connectivity index (χ3n) is 3.30. The highest BCUT2D eigenvalue weighted by atomic mass is 32.1. The average Bonchev–Trinajstić information content (AvgIpc) is 3.20. The average molecular weight is 328 g/mol. The van der Waals surface area contributed by atoms with Crippen molar-refractivity contribution in [2.24, 2.45) is 0 Å². The molecule has 0 spiro atoms. The lowest BCUT2D eigenvalue weighted by Gasteiger charge is -2.20. The molecule has 0 fully saturated rings. The number of anilines is 1. The van der Waals surface area contributed by atoms with Crippen LogP contribution in [0.4, 0.5) is 5.69 Å². The molecule has 5 heteroatoms. The summed E-state index contributed by atoms with van der Waals surface area (Å²) in [5.41, 5.74) is 1.77. The predicted octanol–water partition coefficient (Wildman–Crippen LogP) is 4.47. The van der Waals surface area contributed by atoms with Crippen LogP contribution in [0.2, 0.25) is 0 Å². The second kappa shape index (κ2) is 6.85. The van der Waals surface area contributed by atoms with E-state index < -0.39 is 0 Å². The van der Waals surface area contributed by atoms with Gasteiger partial charge in [-0.3, -0.25) is 4.79 Å². The molecule has 0 N–H and O–H groups in total. The zero-order valence-electron chi connectivity index (χ0n) is 12.2. The number of hydrogen-bond acceptors (Lipinski definition) is 4. The van der Waals surface area contributed by atoms with E-state index in [1.807, 2.05) is 54.1 Å². The van der Waals surface area contributed by atoms with E-state index in [4.69, 9.17) is 0 Å². The van der Waals surface area contributed by atoms with Gasteiger partial charge >= 0.3 is 0 Å². The van der Waals surface area contributed by atoms with Gasteiger partial charge in [0.2, 0.25) is 5.91 Å². The number of carbonyl (C=O) groups excluding carboxylic acids is 1. The molecule has 0 aliphatic rings. The van der Waals surface area contributed by atoms with Gasteiger partial charge in [0.15, 0.2) is 0 Å². The van der Waals surface area contributed by atoms with E-state index in [-0.39, 0.29) is 5.91 Å². The van der Waals surface area contributed by atoms with Gasteiger partial charge in [0.05, 0.1) is 17.0 Å². The van der Waals surface area contributed by atoms with Crippen molar-refractivity contribution < 1.29 is 4.79 Å². The molecule has 0 aliphatic carbocycles. The summed E-state index contributed by atoms with van der Waals surface area (Å²) in [5, 5.41) is 5.00. The minimum absolute atomic E-state index is 0.0803. The molecule has 0 saturated carbocycles. The fourth-order valence-corrected chi connectivity index (χ4v) is 3.90. The molecule has 2 heterocycles. The van der Waals surface area contributed by atoms with Gasteiger partial charge in [0.1, 0.15) is 5.01 Å². The maximum atomic E-state index is 12.5. The molecule has 3 aromatic rings. The molecule has 22 heavy (non-hydrogen) atoms. The summed E-state index contributed by atoms with van der Waals surface area (Å²) >= 11 is 3.26. The molecule has 0 unspecified atom stereocenters. The van der Waals surface area contributed by atoms with Gasteiger partial charge in [-0.2, -0.15) is 0 Å². The van der Waals surface area contributed by atoms with E-state index in [9.17, 15) is 4.79 Å². The van der Waals surface area contributed by atoms with Crippen LogP contribution >= 0.6 is 22.7 Å². The first-order chi connectivity index (χ1) is 10.8. The van der Waals surface area contributed by atoms with Crippen LogP contribution in [0.15, 0.2) is 53.2 Å². The van der Waals surface area contributed by atoms with Crippen LogP contribution in [-0.2, 0) is 11.2 Å². The number of thiazole rings is 1. The minimum Gasteiger partial charge on any atom is -0.312 e. The largest absolute Gasteiger partial charge is 0.312 e. The smallest absolute Gasteiger partial charge is 0.233 e. The van der Waals surface area contributed by atoms with Crippen LogP contribution in [0.25, 0.3) is 9.88 Å². The number of para-hydroxylation sites is 1. The van der Waals surface area contributed by atoms with Crippen LogP contribution in [0.3, 0.4) is 0 Å². The number of hydrogen-bond donors (Lipinski definition) is 0. The number of aromatic nitrogens is 1. The summed E-state index contributed by atoms with van der Waals surface area (Å²) in [6.07, 6.45) is 0.338. The number of amides is 1. The van der Waals surface area contributed by atoms with Crippen molar-refractivity contribution in [1.29, 1.82) is 0 Å². The molecule has 2 aromatic heterocycles. The van der Waals surface area contributed by atoms with Crippen molar-refractivity contribution >= 4 is 34.3 Å². The Morgan fingerprint density at radius 1 is 1.14 bits per heavy atom. The Bertz CT molecular complexity index is 735. The molecule has 3 rings (SSSR count). The topological polar surface area (TPSA) is 33.2 Å². The maximum Gasteiger partial charge on any atom is 0.233 e. The highest BCUT2D eigenvalue weighted by molar-refractivity contribution is 7.20. The summed E-state index contributed by atoms with van der Waals surface area (Å²) in [6.45, 7) is 2.65. The summed E-state index contributed by atoms with van der Waals surface area (Å²) in [4.78, 5) is 20.1. The first kappa shape index (κ1) is 14.9. The van der Waals surface area contributed by atoms with E-state index in [1.54, 1.807) is 27.6 Å². The lowest BCUT2D eigenvalue weighted by atomic mass is 10.2. The molecule has 112 valence electrons. The number of thiophene rings is 1. The van der Waals surface area contributed by atoms with Crippen molar-refractivity contribution in [2.75, 3.05) is 11.4 Å². The Morgan fingerprint density at radius 2 is 1.95 bits per heavy atom. The Balaban J connectivity index is 1.73. The first-order valence-corrected chi connectivity index (χ1v) is 8.87. The Kier molecular flexibility index (Phi) is 4.65. The van der Waals surface area contributed by atoms with Crippen molar-refractivity contribution in [2.45, 2.75) is 13.3 Å². The summed E-state index contributed by atoms with van der Waals surface area (Å²) in [7, 11) is 0. The van der Waals surface area contributed by atoms with E-state index in [0.717, 1.165) is 21.3 Å². The van der Waals surface area contributed by atoms with Gasteiger partial charge in [0, 0.05) is 17.6 Å². The quantitative estimate of drug-likeness (QED) is 0.692. The van der Waals surface area contributed by atoms with Crippen LogP contribution in [0.5, 0.6) is 0 Å². The van der Waals surface area contributed by atoms with E-state index in [1.165, 1.54) is 0 Å². The SMILES string of the molecule is CCN(C(=O)Cc1csc(-c2cccs2)n1)c1ccccc1. The van der Waals surface area contributed by atoms with Crippen molar-refractivity contribution in [3.63, 3.8) is 0 Å². The molecule has 1 aromatic carbocycles. The molecule has 0 bridgehead atoms. The molecule has 0 aliphatic heterocycles. The third kappa shape index (κ3) is 3.26. The van der Waals surface area contributed by atoms with E-state index in [0.29, 0.717) is 13.0 Å². The second-order valence-corrected chi connectivity index (χ2v) is 6.58. The predicted molar refractivity (Wildman–Crippen MR) is 93.6 cm³/mol. The Hall–Kier alpha value is -1.98. The number of likely N-dealkylation sites (N-methyl/N-ethyl adjacent to an activating group) is 1. The number of rotatable bonds is 5. The number of nitrogens with zero attached hydrogens (tertiary/aromatic N) is 2. The van der Waals surface area contributed by atoms with Gasteiger partial charge in [0.25, 0.3) is 0 Å². The van der Waals surface area contributed by atoms with Gasteiger partial charge < -0.3 is 4.90 Å². The standard InChI is InChI=1S/C17H16N2OS2/c1-2-19(14-7-4-3-5-8-14)16(20)11-13-12-22-17(18-13)15-9-6-10-21-15/h3-10,12H,2,11H2,1H3. The van der Waals surface area contributed by atoms with Crippen molar-refractivity contribution in [3.8, 4) is 9.88 Å². The van der Waals surface area contributed by atoms with Crippen LogP contribution < -0.4 is 4.90 Å². The Morgan fingerprint density at radius 3 is 2.64 bits per heavy atom. The molecule has 1 amide bonds. The number of benzene rings is 1. The molecule has 0 saturated heterocycles. The normalized spacial score (nSPS) is 10.6. The zero-order chi connectivity index (χ0) is 15.4. The van der Waals surface area contributed by atoms with Crippen LogP contribution in [-0.4, -0.2) is 17.4 Å². The van der Waals surface area contributed by atoms with Crippen molar-refractivity contribution in [1.82, 2.24) is 4.98 Å². The minimum atomic E-state index is 0.0803. The summed E-state index contributed by atoms with van der Waals surface area (Å²) in [6, 6.07) is 13.8. The number of carbonyl (C=O) groups is 1. The third-order valence-corrected chi connectivity index (χ3v) is 5.23. The van der Waals surface area contributed by atoms with Gasteiger partial charge in [-0.05, 0) is 30.5 Å².